The Hall–Kier alpha value is -2.76. The average molecular weight is 295 g/mol. The molecule has 0 unspecified atom stereocenters. The molecule has 6 nitrogen and oxygen atoms in total. The Balaban J connectivity index is 1.81. The van der Waals surface area contributed by atoms with Crippen molar-refractivity contribution in [3.05, 3.63) is 54.2 Å². The molecule has 0 aliphatic heterocycles. The zero-order valence-electron chi connectivity index (χ0n) is 12.4. The minimum absolute atomic E-state index is 0.248. The number of amides is 1. The predicted octanol–water partition coefficient (Wildman–Crippen LogP) is 2.17. The van der Waals surface area contributed by atoms with E-state index < -0.39 is 0 Å². The number of carbonyl (C=O) groups is 1. The third kappa shape index (κ3) is 2.81. The molecule has 0 saturated carbocycles. The number of aromatic nitrogens is 4. The first-order valence-electron chi connectivity index (χ1n) is 7.28. The van der Waals surface area contributed by atoms with Crippen molar-refractivity contribution in [2.75, 3.05) is 0 Å². The molecule has 0 radical (unpaired) electrons. The quantitative estimate of drug-likeness (QED) is 0.783. The van der Waals surface area contributed by atoms with E-state index in [-0.39, 0.29) is 5.91 Å². The molecule has 1 N–H and O–H groups in total. The SMILES string of the molecule is CCCn1nc(CNC(=O)c2cnccn2)c2ccccc21. The van der Waals surface area contributed by atoms with Crippen LogP contribution in [0.1, 0.15) is 29.5 Å². The van der Waals surface area contributed by atoms with E-state index in [1.54, 1.807) is 0 Å². The van der Waals surface area contributed by atoms with E-state index in [1.165, 1.54) is 18.6 Å². The second-order valence-electron chi connectivity index (χ2n) is 4.96. The Labute approximate surface area is 128 Å². The summed E-state index contributed by atoms with van der Waals surface area (Å²) in [5, 5.41) is 8.52. The summed E-state index contributed by atoms with van der Waals surface area (Å²) < 4.78 is 1.99. The van der Waals surface area contributed by atoms with Gasteiger partial charge in [0.15, 0.2) is 0 Å². The minimum Gasteiger partial charge on any atom is -0.345 e. The maximum absolute atomic E-state index is 12.0. The topological polar surface area (TPSA) is 72.7 Å². The van der Waals surface area contributed by atoms with Gasteiger partial charge < -0.3 is 5.32 Å². The number of hydrogen-bond donors (Lipinski definition) is 1. The number of hydrogen-bond acceptors (Lipinski definition) is 4. The number of fused-ring (bicyclic) bond motifs is 1. The molecule has 0 aliphatic rings. The average Bonchev–Trinajstić information content (AvgIpc) is 2.92. The normalized spacial score (nSPS) is 10.8. The number of benzene rings is 1. The molecular formula is C16H17N5O. The van der Waals surface area contributed by atoms with E-state index in [9.17, 15) is 4.79 Å². The molecule has 1 amide bonds. The number of nitrogens with zero attached hydrogens (tertiary/aromatic N) is 4. The molecule has 0 saturated heterocycles. The van der Waals surface area contributed by atoms with Crippen molar-refractivity contribution in [1.82, 2.24) is 25.1 Å². The predicted molar refractivity (Wildman–Crippen MR) is 83.2 cm³/mol. The molecule has 0 aliphatic carbocycles. The highest BCUT2D eigenvalue weighted by Crippen LogP contribution is 2.18. The summed E-state index contributed by atoms with van der Waals surface area (Å²) in [6, 6.07) is 8.05. The van der Waals surface area contributed by atoms with E-state index in [1.807, 2.05) is 28.9 Å². The molecule has 0 bridgehead atoms. The van der Waals surface area contributed by atoms with E-state index >= 15 is 0 Å². The fraction of sp³-hybridized carbons (Fsp3) is 0.250. The first-order chi connectivity index (χ1) is 10.8. The summed E-state index contributed by atoms with van der Waals surface area (Å²) in [6.07, 6.45) is 5.50. The first kappa shape index (κ1) is 14.2. The Morgan fingerprint density at radius 2 is 2.14 bits per heavy atom. The lowest BCUT2D eigenvalue weighted by Gasteiger charge is -2.02. The van der Waals surface area contributed by atoms with Crippen LogP contribution < -0.4 is 5.32 Å². The van der Waals surface area contributed by atoms with Gasteiger partial charge in [0, 0.05) is 24.3 Å². The van der Waals surface area contributed by atoms with Crippen LogP contribution in [0.3, 0.4) is 0 Å². The molecule has 2 aromatic heterocycles. The lowest BCUT2D eigenvalue weighted by Crippen LogP contribution is -2.24. The van der Waals surface area contributed by atoms with Gasteiger partial charge in [0.1, 0.15) is 5.69 Å². The minimum atomic E-state index is -0.248. The third-order valence-corrected chi connectivity index (χ3v) is 3.38. The molecule has 0 atom stereocenters. The number of nitrogens with one attached hydrogen (secondary N) is 1. The van der Waals surface area contributed by atoms with Crippen molar-refractivity contribution < 1.29 is 4.79 Å². The second-order valence-corrected chi connectivity index (χ2v) is 4.96. The van der Waals surface area contributed by atoms with Gasteiger partial charge in [-0.15, -0.1) is 0 Å². The third-order valence-electron chi connectivity index (χ3n) is 3.38. The molecule has 2 heterocycles. The molecule has 3 rings (SSSR count). The van der Waals surface area contributed by atoms with Crippen molar-refractivity contribution >= 4 is 16.8 Å². The van der Waals surface area contributed by atoms with Gasteiger partial charge in [-0.1, -0.05) is 25.1 Å². The van der Waals surface area contributed by atoms with Crippen LogP contribution in [0.25, 0.3) is 10.9 Å². The first-order valence-corrected chi connectivity index (χ1v) is 7.28. The largest absolute Gasteiger partial charge is 0.345 e. The highest BCUT2D eigenvalue weighted by molar-refractivity contribution is 5.92. The highest BCUT2D eigenvalue weighted by Gasteiger charge is 2.12. The smallest absolute Gasteiger partial charge is 0.271 e. The molecule has 0 fully saturated rings. The van der Waals surface area contributed by atoms with Gasteiger partial charge >= 0.3 is 0 Å². The van der Waals surface area contributed by atoms with Crippen LogP contribution in [0.2, 0.25) is 0 Å². The molecule has 112 valence electrons. The number of rotatable bonds is 5. The number of para-hydroxylation sites is 1. The molecule has 22 heavy (non-hydrogen) atoms. The fourth-order valence-electron chi connectivity index (χ4n) is 2.38. The molecule has 6 heteroatoms. The van der Waals surface area contributed by atoms with Crippen LogP contribution in [0.4, 0.5) is 0 Å². The summed E-state index contributed by atoms with van der Waals surface area (Å²) in [4.78, 5) is 19.9. The summed E-state index contributed by atoms with van der Waals surface area (Å²) in [5.74, 6) is -0.248. The van der Waals surface area contributed by atoms with Gasteiger partial charge in [0.2, 0.25) is 0 Å². The van der Waals surface area contributed by atoms with Crippen LogP contribution in [-0.4, -0.2) is 25.7 Å². The van der Waals surface area contributed by atoms with Crippen LogP contribution in [-0.2, 0) is 13.1 Å². The van der Waals surface area contributed by atoms with Crippen LogP contribution in [0, 0.1) is 0 Å². The molecule has 3 aromatic rings. The Morgan fingerprint density at radius 1 is 1.27 bits per heavy atom. The zero-order chi connectivity index (χ0) is 15.4. The maximum Gasteiger partial charge on any atom is 0.271 e. The Kier molecular flexibility index (Phi) is 4.09. The lowest BCUT2D eigenvalue weighted by atomic mass is 10.2. The molecular weight excluding hydrogens is 278 g/mol. The van der Waals surface area contributed by atoms with Crippen LogP contribution in [0.5, 0.6) is 0 Å². The van der Waals surface area contributed by atoms with E-state index in [0.29, 0.717) is 12.2 Å². The Morgan fingerprint density at radius 3 is 2.91 bits per heavy atom. The zero-order valence-corrected chi connectivity index (χ0v) is 12.4. The van der Waals surface area contributed by atoms with Crippen LogP contribution in [0.15, 0.2) is 42.9 Å². The van der Waals surface area contributed by atoms with Crippen molar-refractivity contribution in [2.45, 2.75) is 26.4 Å². The van der Waals surface area contributed by atoms with Crippen molar-refractivity contribution in [2.24, 2.45) is 0 Å². The van der Waals surface area contributed by atoms with E-state index in [0.717, 1.165) is 29.6 Å². The van der Waals surface area contributed by atoms with E-state index in [2.05, 4.69) is 27.3 Å². The summed E-state index contributed by atoms with van der Waals surface area (Å²) in [6.45, 7) is 3.34. The van der Waals surface area contributed by atoms with Crippen molar-refractivity contribution in [1.29, 1.82) is 0 Å². The van der Waals surface area contributed by atoms with Gasteiger partial charge in [-0.05, 0) is 12.5 Å². The van der Waals surface area contributed by atoms with Gasteiger partial charge in [-0.3, -0.25) is 14.5 Å². The van der Waals surface area contributed by atoms with Gasteiger partial charge in [-0.25, -0.2) is 4.98 Å². The molecule has 1 aromatic carbocycles. The number of carbonyl (C=O) groups excluding carboxylic acids is 1. The summed E-state index contributed by atoms with van der Waals surface area (Å²) in [5.41, 5.74) is 2.26. The van der Waals surface area contributed by atoms with Crippen molar-refractivity contribution in [3.63, 3.8) is 0 Å². The van der Waals surface area contributed by atoms with E-state index in [4.69, 9.17) is 0 Å². The highest BCUT2D eigenvalue weighted by atomic mass is 16.1. The van der Waals surface area contributed by atoms with Gasteiger partial charge in [0.25, 0.3) is 5.91 Å². The second kappa shape index (κ2) is 6.34. The van der Waals surface area contributed by atoms with Gasteiger partial charge in [0.05, 0.1) is 24.0 Å². The lowest BCUT2D eigenvalue weighted by molar-refractivity contribution is 0.0945. The van der Waals surface area contributed by atoms with Crippen molar-refractivity contribution in [3.8, 4) is 0 Å². The number of aryl methyl sites for hydroxylation is 1. The summed E-state index contributed by atoms with van der Waals surface area (Å²) >= 11 is 0. The monoisotopic (exact) mass is 295 g/mol. The van der Waals surface area contributed by atoms with Gasteiger partial charge in [-0.2, -0.15) is 5.10 Å². The Bertz CT molecular complexity index is 782. The maximum atomic E-state index is 12.0. The fourth-order valence-corrected chi connectivity index (χ4v) is 2.38. The van der Waals surface area contributed by atoms with Crippen LogP contribution >= 0.6 is 0 Å². The summed E-state index contributed by atoms with van der Waals surface area (Å²) in [7, 11) is 0. The molecule has 0 spiro atoms. The standard InChI is InChI=1S/C16H17N5O/c1-2-9-21-15-6-4-3-5-12(15)13(20-21)11-19-16(22)14-10-17-7-8-18-14/h3-8,10H,2,9,11H2,1H3,(H,19,22).